The molecule has 2 nitrogen and oxygen atoms in total. The van der Waals surface area contributed by atoms with Crippen molar-refractivity contribution < 1.29 is 9.53 Å². The van der Waals surface area contributed by atoms with Crippen LogP contribution in [0, 0.1) is 34.5 Å². The van der Waals surface area contributed by atoms with Crippen molar-refractivity contribution in [2.75, 3.05) is 0 Å². The van der Waals surface area contributed by atoms with E-state index in [1.165, 1.54) is 51.4 Å². The van der Waals surface area contributed by atoms with Gasteiger partial charge in [0.1, 0.15) is 6.10 Å². The lowest BCUT2D eigenvalue weighted by molar-refractivity contribution is -0.159. The molecule has 4 fully saturated rings. The Bertz CT molecular complexity index is 520. The monoisotopic (exact) mass is 444 g/mol. The lowest BCUT2D eigenvalue weighted by atomic mass is 9.45. The molecule has 136 valence electrons. The smallest absolute Gasteiger partial charge is 0.302 e. The van der Waals surface area contributed by atoms with E-state index in [-0.39, 0.29) is 12.1 Å². The first-order valence-electron chi connectivity index (χ1n) is 10.1. The normalized spacial score (nSPS) is 53.7. The fourth-order valence-corrected chi connectivity index (χ4v) is 8.56. The van der Waals surface area contributed by atoms with Gasteiger partial charge in [-0.25, -0.2) is 0 Å². The average molecular weight is 444 g/mol. The van der Waals surface area contributed by atoms with Crippen molar-refractivity contribution in [3.05, 3.63) is 0 Å². The molecule has 4 aliphatic carbocycles. The number of hydrogen-bond acceptors (Lipinski definition) is 2. The number of carbonyl (C=O) groups excluding carboxylic acids is 1. The third kappa shape index (κ3) is 2.66. The summed E-state index contributed by atoms with van der Waals surface area (Å²) in [6, 6.07) is 0. The third-order valence-electron chi connectivity index (χ3n) is 8.72. The summed E-state index contributed by atoms with van der Waals surface area (Å²) in [4.78, 5) is 11.6. The van der Waals surface area contributed by atoms with Gasteiger partial charge in [-0.15, -0.1) is 0 Å². The highest BCUT2D eigenvalue weighted by Crippen LogP contribution is 2.66. The van der Waals surface area contributed by atoms with Crippen LogP contribution in [0.1, 0.15) is 78.6 Å². The molecular weight excluding hydrogens is 411 g/mol. The van der Waals surface area contributed by atoms with Gasteiger partial charge in [0.05, 0.1) is 0 Å². The molecule has 4 saturated carbocycles. The first-order chi connectivity index (χ1) is 11.3. The molecule has 8 atom stereocenters. The number of fused-ring (bicyclic) bond motifs is 5. The highest BCUT2D eigenvalue weighted by atomic mass is 127. The number of esters is 1. The Hall–Kier alpha value is 0.200. The van der Waals surface area contributed by atoms with Gasteiger partial charge in [0.25, 0.3) is 0 Å². The third-order valence-corrected chi connectivity index (χ3v) is 10.0. The fraction of sp³-hybridized carbons (Fsp3) is 0.952. The van der Waals surface area contributed by atoms with Crippen molar-refractivity contribution in [1.29, 1.82) is 0 Å². The number of hydrogen-bond donors (Lipinski definition) is 0. The minimum absolute atomic E-state index is 0.0944. The van der Waals surface area contributed by atoms with Crippen LogP contribution in [0.25, 0.3) is 0 Å². The molecule has 3 heteroatoms. The highest BCUT2D eigenvalue weighted by molar-refractivity contribution is 14.1. The van der Waals surface area contributed by atoms with Crippen molar-refractivity contribution in [2.45, 2.75) is 88.6 Å². The fourth-order valence-electron chi connectivity index (χ4n) is 7.55. The molecule has 0 aromatic heterocycles. The summed E-state index contributed by atoms with van der Waals surface area (Å²) in [6.07, 6.45) is 12.6. The van der Waals surface area contributed by atoms with Gasteiger partial charge in [-0.3, -0.25) is 4.79 Å². The summed E-state index contributed by atoms with van der Waals surface area (Å²) < 4.78 is 6.26. The van der Waals surface area contributed by atoms with Crippen LogP contribution in [0.3, 0.4) is 0 Å². The summed E-state index contributed by atoms with van der Waals surface area (Å²) in [7, 11) is 0. The lowest BCUT2D eigenvalue weighted by Crippen LogP contribution is -2.55. The standard InChI is InChI=1S/C21H33IO2/c1-13(23)24-19-12-21(3)14(11-18(19)22)6-7-15-16-5-4-9-20(16,2)10-8-17(15)21/h14-19H,4-12H2,1-3H3/t14-,15-,16-,17-,18-,19-,20-,21-/m0/s1. The van der Waals surface area contributed by atoms with Gasteiger partial charge >= 0.3 is 5.97 Å². The van der Waals surface area contributed by atoms with Crippen LogP contribution in [0.5, 0.6) is 0 Å². The molecule has 4 aliphatic rings. The topological polar surface area (TPSA) is 26.3 Å². The largest absolute Gasteiger partial charge is 0.461 e. The Morgan fingerprint density at radius 3 is 2.62 bits per heavy atom. The van der Waals surface area contributed by atoms with E-state index in [1.807, 2.05) is 0 Å². The van der Waals surface area contributed by atoms with Gasteiger partial charge in [-0.1, -0.05) is 42.9 Å². The van der Waals surface area contributed by atoms with E-state index in [4.69, 9.17) is 4.74 Å². The number of ether oxygens (including phenoxy) is 1. The first kappa shape index (κ1) is 17.6. The summed E-state index contributed by atoms with van der Waals surface area (Å²) >= 11 is 2.55. The van der Waals surface area contributed by atoms with E-state index in [0.717, 1.165) is 30.1 Å². The number of carbonyl (C=O) groups is 1. The van der Waals surface area contributed by atoms with Gasteiger partial charge in [-0.2, -0.15) is 0 Å². The van der Waals surface area contributed by atoms with E-state index in [1.54, 1.807) is 6.92 Å². The SMILES string of the molecule is CC(=O)O[C@H]1C[C@@]2(C)[C@@H](CC[C@H]3[C@@H]4CCC[C@@]4(C)CC[C@@H]32)C[C@@H]1I. The quantitative estimate of drug-likeness (QED) is 0.292. The van der Waals surface area contributed by atoms with Gasteiger partial charge in [0.15, 0.2) is 0 Å². The Labute approximate surface area is 161 Å². The molecule has 0 bridgehead atoms. The van der Waals surface area contributed by atoms with E-state index >= 15 is 0 Å². The van der Waals surface area contributed by atoms with E-state index in [0.29, 0.717) is 14.8 Å². The zero-order valence-corrected chi connectivity index (χ0v) is 17.7. The van der Waals surface area contributed by atoms with Gasteiger partial charge in [-0.05, 0) is 85.9 Å². The second-order valence-corrected chi connectivity index (χ2v) is 11.4. The van der Waals surface area contributed by atoms with Crippen LogP contribution in [-0.2, 0) is 9.53 Å². The van der Waals surface area contributed by atoms with Gasteiger partial charge in [0, 0.05) is 10.8 Å². The molecule has 24 heavy (non-hydrogen) atoms. The average Bonchev–Trinajstić information content (AvgIpc) is 2.90. The molecule has 0 aromatic carbocycles. The molecule has 0 N–H and O–H groups in total. The van der Waals surface area contributed by atoms with Gasteiger partial charge in [0.2, 0.25) is 0 Å². The molecule has 0 amide bonds. The summed E-state index contributed by atoms with van der Waals surface area (Å²) in [5, 5.41) is 0. The van der Waals surface area contributed by atoms with Crippen molar-refractivity contribution >= 4 is 28.6 Å². The Morgan fingerprint density at radius 1 is 1.08 bits per heavy atom. The lowest BCUT2D eigenvalue weighted by Gasteiger charge is -2.61. The number of alkyl halides is 1. The zero-order valence-electron chi connectivity index (χ0n) is 15.5. The van der Waals surface area contributed by atoms with Crippen molar-refractivity contribution in [3.63, 3.8) is 0 Å². The maximum Gasteiger partial charge on any atom is 0.302 e. The minimum Gasteiger partial charge on any atom is -0.461 e. The number of rotatable bonds is 1. The molecule has 0 spiro atoms. The Kier molecular flexibility index (Phi) is 4.49. The van der Waals surface area contributed by atoms with Crippen LogP contribution in [0.15, 0.2) is 0 Å². The maximum absolute atomic E-state index is 11.6. The Balaban J connectivity index is 1.59. The maximum atomic E-state index is 11.6. The Morgan fingerprint density at radius 2 is 1.88 bits per heavy atom. The molecule has 4 rings (SSSR count). The van der Waals surface area contributed by atoms with E-state index < -0.39 is 0 Å². The van der Waals surface area contributed by atoms with E-state index in [2.05, 4.69) is 36.4 Å². The van der Waals surface area contributed by atoms with Crippen LogP contribution in [0.2, 0.25) is 0 Å². The van der Waals surface area contributed by atoms with Crippen molar-refractivity contribution in [1.82, 2.24) is 0 Å². The zero-order chi connectivity index (χ0) is 17.1. The van der Waals surface area contributed by atoms with Crippen molar-refractivity contribution in [2.24, 2.45) is 34.5 Å². The van der Waals surface area contributed by atoms with Crippen LogP contribution in [-0.4, -0.2) is 16.0 Å². The van der Waals surface area contributed by atoms with Crippen molar-refractivity contribution in [3.8, 4) is 0 Å². The molecule has 0 aromatic rings. The molecular formula is C21H33IO2. The van der Waals surface area contributed by atoms with Crippen LogP contribution < -0.4 is 0 Å². The predicted molar refractivity (Wildman–Crippen MR) is 105 cm³/mol. The van der Waals surface area contributed by atoms with Crippen LogP contribution >= 0.6 is 22.6 Å². The second kappa shape index (κ2) is 6.13. The summed E-state index contributed by atoms with van der Waals surface area (Å²) in [5.41, 5.74) is 1.04. The highest BCUT2D eigenvalue weighted by Gasteiger charge is 2.59. The molecule has 0 heterocycles. The molecule has 0 radical (unpaired) electrons. The summed E-state index contributed by atoms with van der Waals surface area (Å²) in [5.74, 6) is 3.53. The predicted octanol–water partition coefficient (Wildman–Crippen LogP) is 5.76. The molecule has 0 aliphatic heterocycles. The molecule has 0 unspecified atom stereocenters. The minimum atomic E-state index is -0.0944. The second-order valence-electron chi connectivity index (χ2n) is 9.85. The molecule has 0 saturated heterocycles. The van der Waals surface area contributed by atoms with Crippen LogP contribution in [0.4, 0.5) is 0 Å². The number of halogens is 1. The van der Waals surface area contributed by atoms with Gasteiger partial charge < -0.3 is 4.74 Å². The van der Waals surface area contributed by atoms with E-state index in [9.17, 15) is 4.79 Å². The summed E-state index contributed by atoms with van der Waals surface area (Å²) in [6.45, 7) is 6.72. The first-order valence-corrected chi connectivity index (χ1v) is 11.4.